The maximum atomic E-state index is 7.54. The first kappa shape index (κ1) is 13.9. The lowest BCUT2D eigenvalue weighted by Gasteiger charge is -2.40. The second-order valence-electron chi connectivity index (χ2n) is 5.27. The van der Waals surface area contributed by atoms with E-state index in [1.54, 1.807) is 0 Å². The highest BCUT2D eigenvalue weighted by atomic mass is 16.5. The molecule has 1 saturated heterocycles. The Hall–Kier alpha value is -1.55. The van der Waals surface area contributed by atoms with Gasteiger partial charge in [-0.3, -0.25) is 5.41 Å². The van der Waals surface area contributed by atoms with Gasteiger partial charge in [-0.05, 0) is 44.0 Å². The van der Waals surface area contributed by atoms with Crippen LogP contribution < -0.4 is 10.6 Å². The molecule has 2 atom stereocenters. The molecule has 19 heavy (non-hydrogen) atoms. The Morgan fingerprint density at radius 1 is 1.53 bits per heavy atom. The Bertz CT molecular complexity index is 472. The monoisotopic (exact) mass is 261 g/mol. The van der Waals surface area contributed by atoms with E-state index in [0.717, 1.165) is 30.7 Å². The molecule has 0 radical (unpaired) electrons. The summed E-state index contributed by atoms with van der Waals surface area (Å²) in [6, 6.07) is 6.56. The molecule has 1 fully saturated rings. The maximum absolute atomic E-state index is 7.54. The number of nitrogen functional groups attached to an aromatic ring is 1. The van der Waals surface area contributed by atoms with E-state index >= 15 is 0 Å². The van der Waals surface area contributed by atoms with Crippen molar-refractivity contribution in [2.75, 3.05) is 18.1 Å². The van der Waals surface area contributed by atoms with E-state index < -0.39 is 0 Å². The van der Waals surface area contributed by atoms with Gasteiger partial charge in [0.15, 0.2) is 0 Å². The van der Waals surface area contributed by atoms with Crippen LogP contribution in [0.3, 0.4) is 0 Å². The number of hydrogen-bond donors (Lipinski definition) is 2. The highest BCUT2D eigenvalue weighted by Crippen LogP contribution is 2.25. The van der Waals surface area contributed by atoms with Crippen molar-refractivity contribution in [3.05, 3.63) is 29.3 Å². The summed E-state index contributed by atoms with van der Waals surface area (Å²) in [5.41, 5.74) is 8.64. The zero-order valence-corrected chi connectivity index (χ0v) is 11.9. The van der Waals surface area contributed by atoms with Crippen molar-refractivity contribution in [3.8, 4) is 0 Å². The Kier molecular flexibility index (Phi) is 4.10. The number of aryl methyl sites for hydroxylation is 1. The van der Waals surface area contributed by atoms with Crippen molar-refractivity contribution in [3.63, 3.8) is 0 Å². The van der Waals surface area contributed by atoms with Crippen LogP contribution in [-0.4, -0.2) is 31.1 Å². The summed E-state index contributed by atoms with van der Waals surface area (Å²) >= 11 is 0. The van der Waals surface area contributed by atoms with Crippen molar-refractivity contribution < 1.29 is 4.74 Å². The number of anilines is 1. The fourth-order valence-corrected chi connectivity index (χ4v) is 2.63. The third-order valence-corrected chi connectivity index (χ3v) is 3.77. The molecule has 0 saturated carbocycles. The predicted molar refractivity (Wildman–Crippen MR) is 79.0 cm³/mol. The minimum Gasteiger partial charge on any atom is -0.384 e. The van der Waals surface area contributed by atoms with Crippen LogP contribution in [0.1, 0.15) is 31.4 Å². The van der Waals surface area contributed by atoms with Gasteiger partial charge in [0.25, 0.3) is 0 Å². The molecule has 0 bridgehead atoms. The van der Waals surface area contributed by atoms with E-state index in [0.29, 0.717) is 6.04 Å². The molecule has 0 aliphatic carbocycles. The maximum Gasteiger partial charge on any atom is 0.123 e. The van der Waals surface area contributed by atoms with Gasteiger partial charge in [-0.25, -0.2) is 0 Å². The third-order valence-electron chi connectivity index (χ3n) is 3.77. The van der Waals surface area contributed by atoms with Crippen molar-refractivity contribution in [2.45, 2.75) is 39.3 Å². The molecule has 1 aliphatic rings. The number of morpholine rings is 1. The Labute approximate surface area is 115 Å². The molecular formula is C15H23N3O. The van der Waals surface area contributed by atoms with E-state index in [1.165, 1.54) is 5.69 Å². The van der Waals surface area contributed by atoms with Crippen LogP contribution in [0.2, 0.25) is 0 Å². The van der Waals surface area contributed by atoms with Gasteiger partial charge in [-0.2, -0.15) is 0 Å². The molecule has 1 heterocycles. The van der Waals surface area contributed by atoms with E-state index in [9.17, 15) is 0 Å². The Morgan fingerprint density at radius 3 is 2.84 bits per heavy atom. The largest absolute Gasteiger partial charge is 0.384 e. The van der Waals surface area contributed by atoms with Crippen molar-refractivity contribution in [1.29, 1.82) is 5.41 Å². The quantitative estimate of drug-likeness (QED) is 0.648. The molecule has 1 aromatic rings. The average molecular weight is 261 g/mol. The fraction of sp³-hybridized carbons (Fsp3) is 0.533. The number of ether oxygens (including phenoxy) is 1. The molecule has 4 heteroatoms. The second kappa shape index (κ2) is 5.61. The van der Waals surface area contributed by atoms with Crippen molar-refractivity contribution in [2.24, 2.45) is 5.73 Å². The second-order valence-corrected chi connectivity index (χ2v) is 5.27. The van der Waals surface area contributed by atoms with Gasteiger partial charge in [0.1, 0.15) is 5.84 Å². The molecule has 4 nitrogen and oxygen atoms in total. The van der Waals surface area contributed by atoms with Crippen LogP contribution in [0.5, 0.6) is 0 Å². The lowest BCUT2D eigenvalue weighted by molar-refractivity contribution is 0.0299. The first-order chi connectivity index (χ1) is 9.02. The van der Waals surface area contributed by atoms with Gasteiger partial charge in [0.2, 0.25) is 0 Å². The lowest BCUT2D eigenvalue weighted by atomic mass is 10.0. The minimum absolute atomic E-state index is 0.131. The summed E-state index contributed by atoms with van der Waals surface area (Å²) in [7, 11) is 0. The van der Waals surface area contributed by atoms with E-state index in [4.69, 9.17) is 15.9 Å². The molecule has 3 N–H and O–H groups in total. The van der Waals surface area contributed by atoms with Crippen LogP contribution >= 0.6 is 0 Å². The van der Waals surface area contributed by atoms with Gasteiger partial charge in [-0.1, -0.05) is 6.92 Å². The molecular weight excluding hydrogens is 238 g/mol. The average Bonchev–Trinajstić information content (AvgIpc) is 2.38. The zero-order chi connectivity index (χ0) is 14.0. The summed E-state index contributed by atoms with van der Waals surface area (Å²) in [5, 5.41) is 7.54. The SMILES string of the molecule is CCC1COC(C)CN1c1ccc(C(=N)N)c(C)c1. The van der Waals surface area contributed by atoms with Crippen molar-refractivity contribution >= 4 is 11.5 Å². The smallest absolute Gasteiger partial charge is 0.123 e. The molecule has 1 aromatic carbocycles. The van der Waals surface area contributed by atoms with Gasteiger partial charge < -0.3 is 15.4 Å². The van der Waals surface area contributed by atoms with E-state index in [2.05, 4.69) is 30.9 Å². The number of rotatable bonds is 3. The predicted octanol–water partition coefficient (Wildman–Crippen LogP) is 2.28. The number of nitrogens with zero attached hydrogens (tertiary/aromatic N) is 1. The van der Waals surface area contributed by atoms with Gasteiger partial charge in [-0.15, -0.1) is 0 Å². The topological polar surface area (TPSA) is 62.3 Å². The zero-order valence-electron chi connectivity index (χ0n) is 11.9. The van der Waals surface area contributed by atoms with Crippen LogP contribution in [0.25, 0.3) is 0 Å². The standard InChI is InChI=1S/C15H23N3O/c1-4-12-9-19-11(3)8-18(12)13-5-6-14(15(16)17)10(2)7-13/h5-7,11-12H,4,8-9H2,1-3H3,(H3,16,17). The summed E-state index contributed by atoms with van der Waals surface area (Å²) in [6.45, 7) is 8.00. The molecule has 0 spiro atoms. The molecule has 2 unspecified atom stereocenters. The normalized spacial score (nSPS) is 23.4. The lowest BCUT2D eigenvalue weighted by Crippen LogP contribution is -2.48. The van der Waals surface area contributed by atoms with Crippen molar-refractivity contribution in [1.82, 2.24) is 0 Å². The number of benzene rings is 1. The highest BCUT2D eigenvalue weighted by molar-refractivity contribution is 5.96. The van der Waals surface area contributed by atoms with E-state index in [1.807, 2.05) is 13.0 Å². The van der Waals surface area contributed by atoms with Crippen LogP contribution in [0, 0.1) is 12.3 Å². The summed E-state index contributed by atoms with van der Waals surface area (Å²) in [6.07, 6.45) is 1.33. The fourth-order valence-electron chi connectivity index (χ4n) is 2.63. The van der Waals surface area contributed by atoms with Crippen LogP contribution in [-0.2, 0) is 4.74 Å². The summed E-state index contributed by atoms with van der Waals surface area (Å²) in [4.78, 5) is 2.41. The summed E-state index contributed by atoms with van der Waals surface area (Å²) in [5.74, 6) is 0.131. The molecule has 1 aliphatic heterocycles. The Balaban J connectivity index is 2.29. The first-order valence-corrected chi connectivity index (χ1v) is 6.86. The third kappa shape index (κ3) is 2.89. The molecule has 0 aromatic heterocycles. The molecule has 104 valence electrons. The number of nitrogens with one attached hydrogen (secondary N) is 1. The molecule has 2 rings (SSSR count). The number of nitrogens with two attached hydrogens (primary N) is 1. The van der Waals surface area contributed by atoms with Gasteiger partial charge >= 0.3 is 0 Å². The first-order valence-electron chi connectivity index (χ1n) is 6.86. The minimum atomic E-state index is 0.131. The highest BCUT2D eigenvalue weighted by Gasteiger charge is 2.25. The van der Waals surface area contributed by atoms with Crippen LogP contribution in [0.15, 0.2) is 18.2 Å². The number of hydrogen-bond acceptors (Lipinski definition) is 3. The van der Waals surface area contributed by atoms with Crippen LogP contribution in [0.4, 0.5) is 5.69 Å². The van der Waals surface area contributed by atoms with Gasteiger partial charge in [0, 0.05) is 17.8 Å². The summed E-state index contributed by atoms with van der Waals surface area (Å²) < 4.78 is 5.73. The van der Waals surface area contributed by atoms with Gasteiger partial charge in [0.05, 0.1) is 18.8 Å². The number of amidine groups is 1. The van der Waals surface area contributed by atoms with E-state index in [-0.39, 0.29) is 11.9 Å². The molecule has 0 amide bonds. The Morgan fingerprint density at radius 2 is 2.26 bits per heavy atom.